The molecule has 1 aromatic heterocycles. The minimum absolute atomic E-state index is 0.114. The quantitative estimate of drug-likeness (QED) is 0.0392. The Morgan fingerprint density at radius 2 is 1.45 bits per heavy atom. The van der Waals surface area contributed by atoms with E-state index in [0.29, 0.717) is 45.2 Å². The Balaban J connectivity index is 1.29. The molecule has 5 rings (SSSR count). The van der Waals surface area contributed by atoms with Crippen LogP contribution in [0.5, 0.6) is 0 Å². The number of carbonyl (C=O) groups is 5. The summed E-state index contributed by atoms with van der Waals surface area (Å²) in [6.07, 6.45) is 4.93. The number of amides is 5. The maximum absolute atomic E-state index is 14.0. The molecule has 0 unspecified atom stereocenters. The first kappa shape index (κ1) is 40.2. The number of nitrogens with zero attached hydrogens (tertiary/aromatic N) is 2. The number of para-hydroxylation sites is 1. The van der Waals surface area contributed by atoms with Crippen LogP contribution in [0.15, 0.2) is 77.9 Å². The van der Waals surface area contributed by atoms with Gasteiger partial charge in [0.15, 0.2) is 5.96 Å². The fourth-order valence-corrected chi connectivity index (χ4v) is 7.14. The van der Waals surface area contributed by atoms with E-state index in [1.807, 2.05) is 66.7 Å². The van der Waals surface area contributed by atoms with Gasteiger partial charge in [-0.05, 0) is 79.5 Å². The van der Waals surface area contributed by atoms with Crippen LogP contribution >= 0.6 is 0 Å². The summed E-state index contributed by atoms with van der Waals surface area (Å²) in [6, 6.07) is 17.2. The van der Waals surface area contributed by atoms with Gasteiger partial charge in [0, 0.05) is 36.6 Å². The van der Waals surface area contributed by atoms with Crippen LogP contribution in [0, 0.1) is 0 Å². The molecular formula is C40H52N10O5. The molecule has 3 aromatic carbocycles. The Bertz CT molecular complexity index is 2000. The number of unbranched alkanes of at least 4 members (excludes halogenated alkanes) is 1. The number of aromatic nitrogens is 1. The zero-order chi connectivity index (χ0) is 39.3. The van der Waals surface area contributed by atoms with Gasteiger partial charge in [0.2, 0.25) is 29.5 Å². The second-order valence-electron chi connectivity index (χ2n) is 13.9. The van der Waals surface area contributed by atoms with Crippen molar-refractivity contribution in [2.75, 3.05) is 19.6 Å². The molecule has 0 aliphatic carbocycles. The predicted molar refractivity (Wildman–Crippen MR) is 212 cm³/mol. The molecule has 15 heteroatoms. The van der Waals surface area contributed by atoms with Crippen molar-refractivity contribution < 1.29 is 24.0 Å². The van der Waals surface area contributed by atoms with Gasteiger partial charge in [-0.15, -0.1) is 0 Å². The molecule has 1 saturated heterocycles. The van der Waals surface area contributed by atoms with Crippen molar-refractivity contribution in [3.63, 3.8) is 0 Å². The van der Waals surface area contributed by atoms with Gasteiger partial charge < -0.3 is 48.8 Å². The van der Waals surface area contributed by atoms with Gasteiger partial charge >= 0.3 is 0 Å². The summed E-state index contributed by atoms with van der Waals surface area (Å²) in [4.78, 5) is 76.6. The molecule has 1 aliphatic rings. The second-order valence-corrected chi connectivity index (χ2v) is 13.9. The van der Waals surface area contributed by atoms with Crippen LogP contribution in [-0.4, -0.2) is 89.2 Å². The molecule has 0 saturated carbocycles. The third-order valence-corrected chi connectivity index (χ3v) is 10.0. The Morgan fingerprint density at radius 3 is 2.20 bits per heavy atom. The SMILES string of the molecule is NCCCC[C@H](NC(=O)[C@@H]1CCCN1C(=O)Cc1cccc2ccccc12)C(=O)N[C@@H](CCCN=C(N)N)C(=O)N[C@@H](Cc1c[nH]c2ccccc12)C(N)=O. The van der Waals surface area contributed by atoms with Gasteiger partial charge in [0.1, 0.15) is 24.2 Å². The first-order chi connectivity index (χ1) is 26.5. The summed E-state index contributed by atoms with van der Waals surface area (Å²) in [7, 11) is 0. The van der Waals surface area contributed by atoms with Gasteiger partial charge in [-0.3, -0.25) is 29.0 Å². The molecule has 55 heavy (non-hydrogen) atoms. The van der Waals surface area contributed by atoms with Crippen molar-refractivity contribution in [1.82, 2.24) is 25.8 Å². The molecule has 4 atom stereocenters. The van der Waals surface area contributed by atoms with Crippen LogP contribution in [0.4, 0.5) is 0 Å². The van der Waals surface area contributed by atoms with E-state index >= 15 is 0 Å². The fourth-order valence-electron chi connectivity index (χ4n) is 7.14. The van der Waals surface area contributed by atoms with Crippen LogP contribution in [0.3, 0.4) is 0 Å². The lowest BCUT2D eigenvalue weighted by atomic mass is 10.0. The maximum Gasteiger partial charge on any atom is 0.243 e. The molecule has 292 valence electrons. The van der Waals surface area contributed by atoms with E-state index in [4.69, 9.17) is 22.9 Å². The van der Waals surface area contributed by atoms with Crippen molar-refractivity contribution in [3.05, 3.63) is 84.1 Å². The number of aromatic amines is 1. The van der Waals surface area contributed by atoms with E-state index in [2.05, 4.69) is 25.9 Å². The Hall–Kier alpha value is -5.96. The van der Waals surface area contributed by atoms with E-state index in [1.54, 1.807) is 11.1 Å². The second kappa shape index (κ2) is 19.4. The maximum atomic E-state index is 14.0. The summed E-state index contributed by atoms with van der Waals surface area (Å²) < 4.78 is 0. The fraction of sp³-hybridized carbons (Fsp3) is 0.400. The number of primary amides is 1. The van der Waals surface area contributed by atoms with E-state index in [0.717, 1.165) is 32.8 Å². The number of likely N-dealkylation sites (tertiary alicyclic amines) is 1. The topological polar surface area (TPSA) is 257 Å². The number of hydrogen-bond donors (Lipinski definition) is 8. The highest BCUT2D eigenvalue weighted by molar-refractivity contribution is 5.97. The zero-order valence-corrected chi connectivity index (χ0v) is 31.0. The average molecular weight is 753 g/mol. The summed E-state index contributed by atoms with van der Waals surface area (Å²) in [5, 5.41) is 11.3. The zero-order valence-electron chi connectivity index (χ0n) is 31.0. The lowest BCUT2D eigenvalue weighted by Crippen LogP contribution is -2.58. The van der Waals surface area contributed by atoms with Crippen molar-refractivity contribution in [3.8, 4) is 0 Å². The van der Waals surface area contributed by atoms with Crippen LogP contribution in [0.2, 0.25) is 0 Å². The molecule has 0 bridgehead atoms. The summed E-state index contributed by atoms with van der Waals surface area (Å²) in [5.41, 5.74) is 25.0. The minimum atomic E-state index is -1.12. The highest BCUT2D eigenvalue weighted by Crippen LogP contribution is 2.24. The summed E-state index contributed by atoms with van der Waals surface area (Å²) in [6.45, 7) is 1.00. The average Bonchev–Trinajstić information content (AvgIpc) is 3.83. The predicted octanol–water partition coefficient (Wildman–Crippen LogP) is 1.22. The monoisotopic (exact) mass is 752 g/mol. The largest absolute Gasteiger partial charge is 0.370 e. The number of nitrogens with two attached hydrogens (primary N) is 4. The highest BCUT2D eigenvalue weighted by Gasteiger charge is 2.36. The van der Waals surface area contributed by atoms with Crippen molar-refractivity contribution in [2.24, 2.45) is 27.9 Å². The standard InChI is InChI=1S/C40H52N10O5/c41-19-6-5-16-31(48-39(55)34-18-9-21-50(34)35(51)23-26-12-7-11-25-10-1-2-13-28(25)26)37(53)47-32(17-8-20-45-40(43)44)38(54)49-33(36(42)52)22-27-24-46-30-15-4-3-14-29(27)30/h1-4,7,10-15,24,31-34,46H,5-6,8-9,16-23,41H2,(H2,42,52)(H,47,53)(H,48,55)(H,49,54)(H4,43,44,45)/t31-,32-,33-,34-/m0/s1. The van der Waals surface area contributed by atoms with Gasteiger partial charge in [-0.2, -0.15) is 0 Å². The molecule has 1 aliphatic heterocycles. The number of fused-ring (bicyclic) bond motifs is 2. The number of rotatable bonds is 19. The molecule has 0 radical (unpaired) electrons. The molecular weight excluding hydrogens is 701 g/mol. The lowest BCUT2D eigenvalue weighted by molar-refractivity contribution is -0.139. The molecule has 12 N–H and O–H groups in total. The first-order valence-corrected chi connectivity index (χ1v) is 18.8. The van der Waals surface area contributed by atoms with Crippen molar-refractivity contribution in [2.45, 2.75) is 82.0 Å². The van der Waals surface area contributed by atoms with Crippen LogP contribution < -0.4 is 38.9 Å². The molecule has 2 heterocycles. The lowest BCUT2D eigenvalue weighted by Gasteiger charge is -2.28. The van der Waals surface area contributed by atoms with Crippen LogP contribution in [0.1, 0.15) is 56.1 Å². The van der Waals surface area contributed by atoms with Gasteiger partial charge in [-0.25, -0.2) is 0 Å². The third kappa shape index (κ3) is 10.8. The van der Waals surface area contributed by atoms with E-state index in [9.17, 15) is 24.0 Å². The number of carbonyl (C=O) groups excluding carboxylic acids is 5. The third-order valence-electron chi connectivity index (χ3n) is 10.0. The Morgan fingerprint density at radius 1 is 0.782 bits per heavy atom. The van der Waals surface area contributed by atoms with E-state index in [-0.39, 0.29) is 44.1 Å². The van der Waals surface area contributed by atoms with Gasteiger partial charge in [0.05, 0.1) is 6.42 Å². The van der Waals surface area contributed by atoms with Crippen LogP contribution in [-0.2, 0) is 36.8 Å². The Kier molecular flexibility index (Phi) is 14.2. The first-order valence-electron chi connectivity index (χ1n) is 18.8. The van der Waals surface area contributed by atoms with Gasteiger partial charge in [-0.1, -0.05) is 60.7 Å². The van der Waals surface area contributed by atoms with Gasteiger partial charge in [0.25, 0.3) is 0 Å². The minimum Gasteiger partial charge on any atom is -0.370 e. The summed E-state index contributed by atoms with van der Waals surface area (Å²) >= 11 is 0. The number of H-pyrrole nitrogens is 1. The number of nitrogens with one attached hydrogen (secondary N) is 4. The number of benzene rings is 3. The van der Waals surface area contributed by atoms with E-state index < -0.39 is 47.8 Å². The molecule has 1 fully saturated rings. The number of hydrogen-bond acceptors (Lipinski definition) is 7. The van der Waals surface area contributed by atoms with Crippen molar-refractivity contribution in [1.29, 1.82) is 0 Å². The molecule has 5 amide bonds. The van der Waals surface area contributed by atoms with Crippen LogP contribution in [0.25, 0.3) is 21.7 Å². The highest BCUT2D eigenvalue weighted by atomic mass is 16.2. The van der Waals surface area contributed by atoms with Crippen molar-refractivity contribution >= 4 is 57.2 Å². The number of guanidine groups is 1. The normalized spacial score (nSPS) is 15.6. The Labute approximate surface area is 320 Å². The smallest absolute Gasteiger partial charge is 0.243 e. The summed E-state index contributed by atoms with van der Waals surface area (Å²) in [5.74, 6) is -2.70. The molecule has 0 spiro atoms. The number of aliphatic imine (C=N–C) groups is 1. The van der Waals surface area contributed by atoms with E-state index in [1.165, 1.54) is 0 Å². The molecule has 4 aromatic rings. The molecule has 15 nitrogen and oxygen atoms in total.